The van der Waals surface area contributed by atoms with Crippen LogP contribution >= 0.6 is 0 Å². The van der Waals surface area contributed by atoms with E-state index in [0.29, 0.717) is 18.4 Å². The largest absolute Gasteiger partial charge is 0.388 e. The number of hydrogen-bond acceptors (Lipinski definition) is 2. The first-order valence-electron chi connectivity index (χ1n) is 8.54. The summed E-state index contributed by atoms with van der Waals surface area (Å²) in [6.07, 6.45) is 8.20. The summed E-state index contributed by atoms with van der Waals surface area (Å²) in [6, 6.07) is 8.45. The van der Waals surface area contributed by atoms with Gasteiger partial charge in [-0.25, -0.2) is 0 Å². The zero-order valence-electron chi connectivity index (χ0n) is 13.6. The Morgan fingerprint density at radius 2 is 1.95 bits per heavy atom. The van der Waals surface area contributed by atoms with E-state index in [0.717, 1.165) is 17.9 Å². The van der Waals surface area contributed by atoms with Gasteiger partial charge in [-0.15, -0.1) is 0 Å². The molecule has 0 bridgehead atoms. The van der Waals surface area contributed by atoms with Crippen molar-refractivity contribution in [1.82, 2.24) is 0 Å². The number of rotatable bonds is 7. The Labute approximate surface area is 129 Å². The van der Waals surface area contributed by atoms with Crippen LogP contribution in [0.15, 0.2) is 24.3 Å². The summed E-state index contributed by atoms with van der Waals surface area (Å²) in [5, 5.41) is 10.1. The average Bonchev–Trinajstić information content (AvgIpc) is 2.96. The van der Waals surface area contributed by atoms with E-state index in [1.807, 2.05) is 6.07 Å². The number of nitrogens with two attached hydrogens (primary N) is 1. The highest BCUT2D eigenvalue weighted by atomic mass is 16.3. The molecule has 1 fully saturated rings. The molecule has 0 saturated heterocycles. The van der Waals surface area contributed by atoms with Crippen LogP contribution < -0.4 is 5.73 Å². The molecule has 1 aliphatic carbocycles. The quantitative estimate of drug-likeness (QED) is 0.789. The van der Waals surface area contributed by atoms with Gasteiger partial charge >= 0.3 is 0 Å². The first kappa shape index (κ1) is 16.5. The Kier molecular flexibility index (Phi) is 5.83. The Bertz CT molecular complexity index is 435. The molecule has 0 heterocycles. The zero-order valence-corrected chi connectivity index (χ0v) is 13.6. The van der Waals surface area contributed by atoms with Crippen molar-refractivity contribution in [3.8, 4) is 0 Å². The SMILES string of the molecule is CC(C)C1(CCc2cccc(C(O)CCN)c2)CCCC1. The number of benzene rings is 1. The fourth-order valence-electron chi connectivity index (χ4n) is 3.87. The van der Waals surface area contributed by atoms with E-state index < -0.39 is 6.10 Å². The van der Waals surface area contributed by atoms with E-state index >= 15 is 0 Å². The van der Waals surface area contributed by atoms with E-state index in [9.17, 15) is 5.11 Å². The summed E-state index contributed by atoms with van der Waals surface area (Å²) in [5.74, 6) is 0.769. The van der Waals surface area contributed by atoms with E-state index in [-0.39, 0.29) is 0 Å². The van der Waals surface area contributed by atoms with E-state index in [4.69, 9.17) is 5.73 Å². The van der Waals surface area contributed by atoms with E-state index in [2.05, 4.69) is 32.0 Å². The molecule has 1 aromatic carbocycles. The van der Waals surface area contributed by atoms with Crippen LogP contribution in [0.25, 0.3) is 0 Å². The summed E-state index contributed by atoms with van der Waals surface area (Å²) < 4.78 is 0. The van der Waals surface area contributed by atoms with Crippen molar-refractivity contribution in [2.75, 3.05) is 6.54 Å². The van der Waals surface area contributed by atoms with Crippen LogP contribution in [-0.4, -0.2) is 11.7 Å². The minimum atomic E-state index is -0.416. The third kappa shape index (κ3) is 4.08. The molecule has 3 N–H and O–H groups in total. The van der Waals surface area contributed by atoms with Crippen molar-refractivity contribution in [3.05, 3.63) is 35.4 Å². The molecule has 2 rings (SSSR count). The van der Waals surface area contributed by atoms with Crippen molar-refractivity contribution in [3.63, 3.8) is 0 Å². The Morgan fingerprint density at radius 3 is 2.57 bits per heavy atom. The zero-order chi connectivity index (χ0) is 15.3. The molecule has 1 aliphatic rings. The van der Waals surface area contributed by atoms with Crippen LogP contribution in [0, 0.1) is 11.3 Å². The van der Waals surface area contributed by atoms with Crippen molar-refractivity contribution >= 4 is 0 Å². The Hall–Kier alpha value is -0.860. The van der Waals surface area contributed by atoms with Crippen molar-refractivity contribution in [2.45, 2.75) is 64.9 Å². The Balaban J connectivity index is 2.01. The minimum Gasteiger partial charge on any atom is -0.388 e. The maximum Gasteiger partial charge on any atom is 0.0802 e. The van der Waals surface area contributed by atoms with Crippen LogP contribution in [0.1, 0.15) is 69.6 Å². The van der Waals surface area contributed by atoms with Gasteiger partial charge in [-0.1, -0.05) is 51.0 Å². The lowest BCUT2D eigenvalue weighted by Crippen LogP contribution is -2.24. The second-order valence-electron chi connectivity index (χ2n) is 7.06. The molecule has 0 aliphatic heterocycles. The second kappa shape index (κ2) is 7.42. The number of aliphatic hydroxyl groups excluding tert-OH is 1. The fraction of sp³-hybridized carbons (Fsp3) is 0.684. The second-order valence-corrected chi connectivity index (χ2v) is 7.06. The van der Waals surface area contributed by atoms with Gasteiger partial charge in [0.05, 0.1) is 6.10 Å². The lowest BCUT2D eigenvalue weighted by molar-refractivity contribution is 0.169. The van der Waals surface area contributed by atoms with Crippen molar-refractivity contribution in [1.29, 1.82) is 0 Å². The molecule has 1 unspecified atom stereocenters. The normalized spacial score (nSPS) is 19.1. The first-order valence-corrected chi connectivity index (χ1v) is 8.54. The molecule has 2 nitrogen and oxygen atoms in total. The van der Waals surface area contributed by atoms with Gasteiger partial charge in [0.15, 0.2) is 0 Å². The van der Waals surface area contributed by atoms with E-state index in [1.165, 1.54) is 37.7 Å². The lowest BCUT2D eigenvalue weighted by Gasteiger charge is -2.33. The maximum absolute atomic E-state index is 10.1. The molecule has 0 spiro atoms. The van der Waals surface area contributed by atoms with Gasteiger partial charge in [0.2, 0.25) is 0 Å². The highest BCUT2D eigenvalue weighted by molar-refractivity contribution is 5.25. The van der Waals surface area contributed by atoms with Gasteiger partial charge in [0.1, 0.15) is 0 Å². The Morgan fingerprint density at radius 1 is 1.24 bits per heavy atom. The summed E-state index contributed by atoms with van der Waals surface area (Å²) in [4.78, 5) is 0. The molecular weight excluding hydrogens is 258 g/mol. The monoisotopic (exact) mass is 289 g/mol. The topological polar surface area (TPSA) is 46.2 Å². The van der Waals surface area contributed by atoms with Gasteiger partial charge in [-0.3, -0.25) is 0 Å². The van der Waals surface area contributed by atoms with Crippen LogP contribution in [-0.2, 0) is 6.42 Å². The molecule has 0 radical (unpaired) electrons. The van der Waals surface area contributed by atoms with Crippen LogP contribution in [0.4, 0.5) is 0 Å². The average molecular weight is 289 g/mol. The highest BCUT2D eigenvalue weighted by Crippen LogP contribution is 2.47. The molecule has 1 atom stereocenters. The predicted octanol–water partition coefficient (Wildman–Crippen LogP) is 4.22. The molecule has 0 aromatic heterocycles. The van der Waals surface area contributed by atoms with Gasteiger partial charge in [-0.2, -0.15) is 0 Å². The maximum atomic E-state index is 10.1. The van der Waals surface area contributed by atoms with Crippen LogP contribution in [0.3, 0.4) is 0 Å². The number of aryl methyl sites for hydroxylation is 1. The van der Waals surface area contributed by atoms with Gasteiger partial charge in [0.25, 0.3) is 0 Å². The first-order chi connectivity index (χ1) is 10.1. The number of aliphatic hydroxyl groups is 1. The third-order valence-electron chi connectivity index (χ3n) is 5.51. The number of hydrogen-bond donors (Lipinski definition) is 2. The van der Waals surface area contributed by atoms with Gasteiger partial charge < -0.3 is 10.8 Å². The minimum absolute atomic E-state index is 0.416. The highest BCUT2D eigenvalue weighted by Gasteiger charge is 2.36. The van der Waals surface area contributed by atoms with Crippen molar-refractivity contribution in [2.24, 2.45) is 17.1 Å². The molecule has 1 saturated carbocycles. The molecule has 2 heteroatoms. The summed E-state index contributed by atoms with van der Waals surface area (Å²) in [5.41, 5.74) is 8.46. The van der Waals surface area contributed by atoms with E-state index in [1.54, 1.807) is 0 Å². The molecule has 21 heavy (non-hydrogen) atoms. The van der Waals surface area contributed by atoms with Crippen LogP contribution in [0.2, 0.25) is 0 Å². The van der Waals surface area contributed by atoms with Gasteiger partial charge in [-0.05, 0) is 61.1 Å². The summed E-state index contributed by atoms with van der Waals surface area (Å²) in [7, 11) is 0. The lowest BCUT2D eigenvalue weighted by atomic mass is 9.72. The standard InChI is InChI=1S/C19H31NO/c1-15(2)19(10-3-4-11-19)12-8-16-6-5-7-17(14-16)18(21)9-13-20/h5-7,14-15,18,21H,3-4,8-13,20H2,1-2H3. The summed E-state index contributed by atoms with van der Waals surface area (Å²) in [6.45, 7) is 5.29. The fourth-order valence-corrected chi connectivity index (χ4v) is 3.87. The molecular formula is C19H31NO. The van der Waals surface area contributed by atoms with Gasteiger partial charge in [0, 0.05) is 0 Å². The van der Waals surface area contributed by atoms with Crippen molar-refractivity contribution < 1.29 is 5.11 Å². The molecule has 0 amide bonds. The third-order valence-corrected chi connectivity index (χ3v) is 5.51. The predicted molar refractivity (Wildman–Crippen MR) is 89.1 cm³/mol. The molecule has 1 aromatic rings. The smallest absolute Gasteiger partial charge is 0.0802 e. The summed E-state index contributed by atoms with van der Waals surface area (Å²) >= 11 is 0. The van der Waals surface area contributed by atoms with Crippen LogP contribution in [0.5, 0.6) is 0 Å². The molecule has 118 valence electrons.